The summed E-state index contributed by atoms with van der Waals surface area (Å²) in [4.78, 5) is 0. The van der Waals surface area contributed by atoms with Gasteiger partial charge in [-0.2, -0.15) is 13.2 Å². The molecule has 1 atom stereocenters. The summed E-state index contributed by atoms with van der Waals surface area (Å²) >= 11 is 0. The zero-order valence-electron chi connectivity index (χ0n) is 6.42. The Kier molecular flexibility index (Phi) is 2.40. The van der Waals surface area contributed by atoms with Crippen LogP contribution < -0.4 is 5.32 Å². The molecule has 7 heteroatoms. The first-order valence-corrected chi connectivity index (χ1v) is 3.45. The number of halogens is 3. The van der Waals surface area contributed by atoms with Gasteiger partial charge in [0.2, 0.25) is 0 Å². The molecule has 0 saturated heterocycles. The predicted octanol–water partition coefficient (Wildman–Crippen LogP) is -0.0274. The van der Waals surface area contributed by atoms with E-state index in [1.807, 2.05) is 5.32 Å². The molecule has 0 spiro atoms. The van der Waals surface area contributed by atoms with Crippen LogP contribution in [0.2, 0.25) is 0 Å². The fourth-order valence-electron chi connectivity index (χ4n) is 0.980. The van der Waals surface area contributed by atoms with E-state index in [9.17, 15) is 13.2 Å². The van der Waals surface area contributed by atoms with E-state index in [0.717, 1.165) is 12.3 Å². The Balaban J connectivity index is 3.03. The fourth-order valence-corrected chi connectivity index (χ4v) is 0.980. The van der Waals surface area contributed by atoms with Crippen molar-refractivity contribution in [1.29, 1.82) is 0 Å². The zero-order valence-corrected chi connectivity index (χ0v) is 6.42. The van der Waals surface area contributed by atoms with Gasteiger partial charge in [-0.15, -0.1) is 0 Å². The molecule has 0 aliphatic carbocycles. The minimum Gasteiger partial charge on any atom is -0.425 e. The van der Waals surface area contributed by atoms with Gasteiger partial charge in [0.15, 0.2) is 5.44 Å². The summed E-state index contributed by atoms with van der Waals surface area (Å²) < 4.78 is 37.1. The van der Waals surface area contributed by atoms with E-state index in [1.165, 1.54) is 6.08 Å². The highest BCUT2D eigenvalue weighted by Gasteiger charge is 2.60. The van der Waals surface area contributed by atoms with Gasteiger partial charge < -0.3 is 15.4 Å². The third-order valence-corrected chi connectivity index (χ3v) is 1.76. The molecular formula is C6H7BF3NO2. The molecule has 13 heavy (non-hydrogen) atoms. The molecule has 72 valence electrons. The lowest BCUT2D eigenvalue weighted by Crippen LogP contribution is -2.64. The number of allylic oxidation sites excluding steroid dienone is 2. The summed E-state index contributed by atoms with van der Waals surface area (Å²) in [5.41, 5.74) is -2.79. The van der Waals surface area contributed by atoms with E-state index < -0.39 is 18.7 Å². The Morgan fingerprint density at radius 3 is 2.08 bits per heavy atom. The minimum atomic E-state index is -4.76. The molecule has 0 bridgehead atoms. The number of hydrogen-bond acceptors (Lipinski definition) is 3. The van der Waals surface area contributed by atoms with Crippen molar-refractivity contribution in [3.63, 3.8) is 0 Å². The molecule has 0 aromatic heterocycles. The summed E-state index contributed by atoms with van der Waals surface area (Å²) in [5.74, 6) is 0. The van der Waals surface area contributed by atoms with Crippen molar-refractivity contribution in [3.05, 3.63) is 24.4 Å². The molecule has 3 N–H and O–H groups in total. The molecular weight excluding hydrogens is 186 g/mol. The lowest BCUT2D eigenvalue weighted by Gasteiger charge is -2.33. The van der Waals surface area contributed by atoms with E-state index in [2.05, 4.69) is 0 Å². The summed E-state index contributed by atoms with van der Waals surface area (Å²) in [6, 6.07) is 0. The normalized spacial score (nSPS) is 27.2. The van der Waals surface area contributed by atoms with Gasteiger partial charge in [-0.3, -0.25) is 0 Å². The molecule has 1 rings (SSSR count). The molecule has 3 nitrogen and oxygen atoms in total. The Labute approximate surface area is 72.7 Å². The average molecular weight is 193 g/mol. The largest absolute Gasteiger partial charge is 0.492 e. The Morgan fingerprint density at radius 1 is 1.23 bits per heavy atom. The molecule has 1 aliphatic heterocycles. The van der Waals surface area contributed by atoms with Crippen LogP contribution in [-0.2, 0) is 0 Å². The van der Waals surface area contributed by atoms with Crippen LogP contribution in [0.3, 0.4) is 0 Å². The number of hydrogen-bond donors (Lipinski definition) is 3. The standard InChI is InChI=1S/C6H7BF3NO2/c8-6(9,10)5(7(12)13)3-1-2-4-11-5/h1-4,11-13H. The average Bonchev–Trinajstić information content (AvgIpc) is 2.03. The second-order valence-electron chi connectivity index (χ2n) is 2.60. The van der Waals surface area contributed by atoms with Crippen molar-refractivity contribution < 1.29 is 23.2 Å². The number of alkyl halides is 3. The van der Waals surface area contributed by atoms with Crippen LogP contribution in [0.4, 0.5) is 13.2 Å². The van der Waals surface area contributed by atoms with Crippen LogP contribution in [0, 0.1) is 0 Å². The van der Waals surface area contributed by atoms with Gasteiger partial charge in [0.1, 0.15) is 0 Å². The molecule has 0 saturated carbocycles. The number of rotatable bonds is 1. The third kappa shape index (κ3) is 1.57. The molecule has 0 aromatic rings. The van der Waals surface area contributed by atoms with E-state index in [4.69, 9.17) is 10.0 Å². The molecule has 0 radical (unpaired) electrons. The highest BCUT2D eigenvalue weighted by molar-refractivity contribution is 6.47. The van der Waals surface area contributed by atoms with Crippen molar-refractivity contribution in [2.24, 2.45) is 0 Å². The zero-order chi connectivity index (χ0) is 10.1. The van der Waals surface area contributed by atoms with Crippen molar-refractivity contribution in [3.8, 4) is 0 Å². The number of nitrogens with one attached hydrogen (secondary N) is 1. The molecule has 0 amide bonds. The molecule has 1 heterocycles. The Hall–Kier alpha value is -0.945. The first-order chi connectivity index (χ1) is 5.90. The fraction of sp³-hybridized carbons (Fsp3) is 0.333. The maximum absolute atomic E-state index is 12.4. The van der Waals surface area contributed by atoms with E-state index in [1.54, 1.807) is 0 Å². The SMILES string of the molecule is OB(O)C1(C(F)(F)F)C=CC=CN1. The van der Waals surface area contributed by atoms with Crippen LogP contribution in [0.5, 0.6) is 0 Å². The van der Waals surface area contributed by atoms with Gasteiger partial charge in [-0.1, -0.05) is 12.2 Å². The smallest absolute Gasteiger partial charge is 0.425 e. The first-order valence-electron chi connectivity index (χ1n) is 3.45. The van der Waals surface area contributed by atoms with Crippen LogP contribution in [-0.4, -0.2) is 28.8 Å². The summed E-state index contributed by atoms with van der Waals surface area (Å²) in [7, 11) is -2.53. The van der Waals surface area contributed by atoms with Crippen molar-refractivity contribution in [2.75, 3.05) is 0 Å². The topological polar surface area (TPSA) is 52.5 Å². The lowest BCUT2D eigenvalue weighted by atomic mass is 9.63. The van der Waals surface area contributed by atoms with Gasteiger partial charge in [-0.05, 0) is 12.3 Å². The summed E-state index contributed by atoms with van der Waals surface area (Å²) in [5, 5.41) is 19.2. The van der Waals surface area contributed by atoms with Gasteiger partial charge in [0.25, 0.3) is 0 Å². The van der Waals surface area contributed by atoms with Crippen molar-refractivity contribution in [2.45, 2.75) is 11.6 Å². The lowest BCUT2D eigenvalue weighted by molar-refractivity contribution is -0.162. The van der Waals surface area contributed by atoms with Crippen LogP contribution in [0.25, 0.3) is 0 Å². The van der Waals surface area contributed by atoms with Crippen LogP contribution in [0.1, 0.15) is 0 Å². The quantitative estimate of drug-likeness (QED) is 0.512. The van der Waals surface area contributed by atoms with Gasteiger partial charge in [-0.25, -0.2) is 0 Å². The summed E-state index contributed by atoms with van der Waals surface area (Å²) in [6.45, 7) is 0. The van der Waals surface area contributed by atoms with Crippen molar-refractivity contribution >= 4 is 7.12 Å². The second-order valence-corrected chi connectivity index (χ2v) is 2.60. The maximum Gasteiger partial charge on any atom is 0.492 e. The third-order valence-electron chi connectivity index (χ3n) is 1.76. The molecule has 0 aromatic carbocycles. The van der Waals surface area contributed by atoms with E-state index in [-0.39, 0.29) is 0 Å². The van der Waals surface area contributed by atoms with Crippen LogP contribution in [0.15, 0.2) is 24.4 Å². The van der Waals surface area contributed by atoms with Gasteiger partial charge in [0, 0.05) is 0 Å². The van der Waals surface area contributed by atoms with Crippen LogP contribution >= 0.6 is 0 Å². The minimum absolute atomic E-state index is 0.664. The monoisotopic (exact) mass is 193 g/mol. The van der Waals surface area contributed by atoms with E-state index in [0.29, 0.717) is 6.08 Å². The first kappa shape index (κ1) is 10.1. The van der Waals surface area contributed by atoms with Gasteiger partial charge >= 0.3 is 13.3 Å². The number of dihydropyridines is 1. The predicted molar refractivity (Wildman–Crippen MR) is 40.4 cm³/mol. The van der Waals surface area contributed by atoms with E-state index >= 15 is 0 Å². The Bertz CT molecular complexity index is 251. The highest BCUT2D eigenvalue weighted by Crippen LogP contribution is 2.33. The Morgan fingerprint density at radius 2 is 1.85 bits per heavy atom. The van der Waals surface area contributed by atoms with Crippen molar-refractivity contribution in [1.82, 2.24) is 5.32 Å². The highest BCUT2D eigenvalue weighted by atomic mass is 19.4. The molecule has 1 aliphatic rings. The second kappa shape index (κ2) is 3.08. The molecule has 0 fully saturated rings. The molecule has 1 unspecified atom stereocenters. The summed E-state index contributed by atoms with van der Waals surface area (Å²) in [6.07, 6.45) is -0.664. The maximum atomic E-state index is 12.4. The van der Waals surface area contributed by atoms with Gasteiger partial charge in [0.05, 0.1) is 0 Å².